The molecule has 0 spiro atoms. The Hall–Kier alpha value is -1.58. The van der Waals surface area contributed by atoms with Crippen molar-refractivity contribution in [3.8, 4) is 0 Å². The van der Waals surface area contributed by atoms with E-state index in [2.05, 4.69) is 39.3 Å². The van der Waals surface area contributed by atoms with Gasteiger partial charge in [0, 0.05) is 16.2 Å². The highest BCUT2D eigenvalue weighted by atomic mass is 32.2. The SMILES string of the molecule is Cc1sc2ncnc(SCC(=O)Nc3nnc(C4CC4)s3)c2c1C. The second-order valence-electron chi connectivity index (χ2n) is 5.70. The zero-order chi connectivity index (χ0) is 16.7. The minimum Gasteiger partial charge on any atom is -0.300 e. The van der Waals surface area contributed by atoms with E-state index in [0.29, 0.717) is 16.8 Å². The van der Waals surface area contributed by atoms with Gasteiger partial charge in [0.2, 0.25) is 11.0 Å². The van der Waals surface area contributed by atoms with Crippen LogP contribution in [0.2, 0.25) is 0 Å². The van der Waals surface area contributed by atoms with E-state index in [9.17, 15) is 4.79 Å². The number of aryl methyl sites for hydroxylation is 2. The topological polar surface area (TPSA) is 80.7 Å². The Morgan fingerprint density at radius 3 is 2.92 bits per heavy atom. The Bertz CT molecular complexity index is 915. The van der Waals surface area contributed by atoms with Crippen LogP contribution in [-0.4, -0.2) is 31.8 Å². The lowest BCUT2D eigenvalue weighted by atomic mass is 10.2. The van der Waals surface area contributed by atoms with Crippen LogP contribution in [-0.2, 0) is 4.79 Å². The van der Waals surface area contributed by atoms with E-state index in [1.54, 1.807) is 17.7 Å². The van der Waals surface area contributed by atoms with E-state index in [4.69, 9.17) is 0 Å². The largest absolute Gasteiger partial charge is 0.300 e. The first kappa shape index (κ1) is 15.9. The van der Waals surface area contributed by atoms with Gasteiger partial charge in [-0.25, -0.2) is 9.97 Å². The maximum Gasteiger partial charge on any atom is 0.236 e. The summed E-state index contributed by atoms with van der Waals surface area (Å²) in [5.74, 6) is 0.759. The zero-order valence-corrected chi connectivity index (χ0v) is 15.6. The van der Waals surface area contributed by atoms with Crippen LogP contribution in [0.5, 0.6) is 0 Å². The number of hydrogen-bond acceptors (Lipinski definition) is 8. The molecule has 0 atom stereocenters. The van der Waals surface area contributed by atoms with E-state index in [0.717, 1.165) is 20.3 Å². The third-order valence-corrected chi connectivity index (χ3v) is 6.99. The Morgan fingerprint density at radius 1 is 1.29 bits per heavy atom. The van der Waals surface area contributed by atoms with Gasteiger partial charge in [0.15, 0.2) is 0 Å². The fraction of sp³-hybridized carbons (Fsp3) is 0.400. The van der Waals surface area contributed by atoms with Gasteiger partial charge >= 0.3 is 0 Å². The van der Waals surface area contributed by atoms with Gasteiger partial charge in [-0.1, -0.05) is 23.1 Å². The van der Waals surface area contributed by atoms with Crippen LogP contribution in [0, 0.1) is 13.8 Å². The van der Waals surface area contributed by atoms with Crippen molar-refractivity contribution in [1.82, 2.24) is 20.2 Å². The molecule has 0 aliphatic heterocycles. The van der Waals surface area contributed by atoms with Gasteiger partial charge in [0.25, 0.3) is 0 Å². The predicted octanol–water partition coefficient (Wildman–Crippen LogP) is 3.77. The van der Waals surface area contributed by atoms with Crippen molar-refractivity contribution >= 4 is 55.7 Å². The average molecular weight is 378 g/mol. The lowest BCUT2D eigenvalue weighted by Gasteiger charge is -2.03. The number of nitrogens with zero attached hydrogens (tertiary/aromatic N) is 4. The molecule has 9 heteroatoms. The fourth-order valence-corrected chi connectivity index (χ4v) is 5.17. The van der Waals surface area contributed by atoms with Gasteiger partial charge < -0.3 is 0 Å². The minimum atomic E-state index is -0.0881. The second-order valence-corrected chi connectivity index (χ2v) is 8.88. The molecule has 0 aromatic carbocycles. The first-order valence-electron chi connectivity index (χ1n) is 7.58. The zero-order valence-electron chi connectivity index (χ0n) is 13.2. The van der Waals surface area contributed by atoms with Crippen LogP contribution in [0.15, 0.2) is 11.4 Å². The Labute approximate surface area is 151 Å². The molecule has 1 saturated carbocycles. The van der Waals surface area contributed by atoms with Crippen molar-refractivity contribution in [1.29, 1.82) is 0 Å². The standard InChI is InChI=1S/C15H15N5OS3/c1-7-8(2)23-14-11(7)13(16-6-17-14)22-5-10(21)18-15-20-19-12(24-15)9-3-4-9/h6,9H,3-5H2,1-2H3,(H,18,20,21). The summed E-state index contributed by atoms with van der Waals surface area (Å²) in [6.45, 7) is 4.15. The van der Waals surface area contributed by atoms with Crippen molar-refractivity contribution in [3.63, 3.8) is 0 Å². The number of amides is 1. The molecule has 0 saturated heterocycles. The third kappa shape index (κ3) is 3.15. The summed E-state index contributed by atoms with van der Waals surface area (Å²) in [7, 11) is 0. The molecule has 1 aliphatic rings. The number of anilines is 1. The highest BCUT2D eigenvalue weighted by Crippen LogP contribution is 2.42. The summed E-state index contributed by atoms with van der Waals surface area (Å²) >= 11 is 4.56. The van der Waals surface area contributed by atoms with Gasteiger partial charge in [0.1, 0.15) is 21.2 Å². The van der Waals surface area contributed by atoms with E-state index in [-0.39, 0.29) is 5.91 Å². The lowest BCUT2D eigenvalue weighted by Crippen LogP contribution is -2.14. The molecule has 3 aromatic heterocycles. The molecule has 4 rings (SSSR count). The number of fused-ring (bicyclic) bond motifs is 1. The molecule has 0 radical (unpaired) electrons. The number of rotatable bonds is 5. The Morgan fingerprint density at radius 2 is 2.12 bits per heavy atom. The first-order valence-corrected chi connectivity index (χ1v) is 10.2. The smallest absolute Gasteiger partial charge is 0.236 e. The number of carbonyl (C=O) groups excluding carboxylic acids is 1. The van der Waals surface area contributed by atoms with Gasteiger partial charge in [-0.05, 0) is 32.3 Å². The monoisotopic (exact) mass is 377 g/mol. The molecular weight excluding hydrogens is 362 g/mol. The molecule has 1 fully saturated rings. The van der Waals surface area contributed by atoms with Crippen LogP contribution in [0.3, 0.4) is 0 Å². The molecule has 1 aliphatic carbocycles. The number of hydrogen-bond donors (Lipinski definition) is 1. The van der Waals surface area contributed by atoms with Crippen molar-refractivity contribution in [2.24, 2.45) is 0 Å². The molecule has 0 bridgehead atoms. The molecule has 0 unspecified atom stereocenters. The van der Waals surface area contributed by atoms with Crippen LogP contribution in [0.1, 0.15) is 34.2 Å². The lowest BCUT2D eigenvalue weighted by molar-refractivity contribution is -0.113. The summed E-state index contributed by atoms with van der Waals surface area (Å²) in [6.07, 6.45) is 3.92. The Kier molecular flexibility index (Phi) is 4.23. The van der Waals surface area contributed by atoms with Gasteiger partial charge in [0.05, 0.1) is 5.75 Å². The molecule has 1 amide bonds. The van der Waals surface area contributed by atoms with E-state index in [1.807, 2.05) is 0 Å². The fourth-order valence-electron chi connectivity index (χ4n) is 2.33. The summed E-state index contributed by atoms with van der Waals surface area (Å²) in [4.78, 5) is 23.0. The van der Waals surface area contributed by atoms with Crippen molar-refractivity contribution < 1.29 is 4.79 Å². The van der Waals surface area contributed by atoms with E-state index >= 15 is 0 Å². The normalized spacial score (nSPS) is 14.2. The molecule has 3 heterocycles. The summed E-state index contributed by atoms with van der Waals surface area (Å²) in [5, 5.41) is 14.5. The van der Waals surface area contributed by atoms with Crippen molar-refractivity contribution in [2.75, 3.05) is 11.1 Å². The van der Waals surface area contributed by atoms with Crippen LogP contribution >= 0.6 is 34.4 Å². The molecule has 6 nitrogen and oxygen atoms in total. The highest BCUT2D eigenvalue weighted by Gasteiger charge is 2.27. The van der Waals surface area contributed by atoms with E-state index < -0.39 is 0 Å². The van der Waals surface area contributed by atoms with Gasteiger partial charge in [-0.2, -0.15) is 0 Å². The maximum atomic E-state index is 12.2. The van der Waals surface area contributed by atoms with Crippen LogP contribution in [0.25, 0.3) is 10.2 Å². The number of nitrogens with one attached hydrogen (secondary N) is 1. The quantitative estimate of drug-likeness (QED) is 0.538. The predicted molar refractivity (Wildman–Crippen MR) is 98.1 cm³/mol. The first-order chi connectivity index (χ1) is 11.6. The Balaban J connectivity index is 1.43. The number of thioether (sulfide) groups is 1. The molecule has 124 valence electrons. The van der Waals surface area contributed by atoms with Gasteiger partial charge in [-0.15, -0.1) is 21.5 Å². The van der Waals surface area contributed by atoms with Crippen LogP contribution in [0.4, 0.5) is 5.13 Å². The van der Waals surface area contributed by atoms with Crippen molar-refractivity contribution in [2.45, 2.75) is 37.6 Å². The highest BCUT2D eigenvalue weighted by molar-refractivity contribution is 8.00. The second kappa shape index (κ2) is 6.38. The summed E-state index contributed by atoms with van der Waals surface area (Å²) < 4.78 is 0. The number of thiophene rings is 1. The molecule has 1 N–H and O–H groups in total. The average Bonchev–Trinajstić information content (AvgIpc) is 3.25. The summed E-state index contributed by atoms with van der Waals surface area (Å²) in [6, 6.07) is 0. The molecular formula is C15H15N5OS3. The number of aromatic nitrogens is 4. The van der Waals surface area contributed by atoms with Crippen molar-refractivity contribution in [3.05, 3.63) is 21.8 Å². The minimum absolute atomic E-state index is 0.0881. The number of carbonyl (C=O) groups is 1. The van der Waals surface area contributed by atoms with E-state index in [1.165, 1.54) is 46.4 Å². The maximum absolute atomic E-state index is 12.2. The van der Waals surface area contributed by atoms with Crippen LogP contribution < -0.4 is 5.32 Å². The molecule has 24 heavy (non-hydrogen) atoms. The summed E-state index contributed by atoms with van der Waals surface area (Å²) in [5.41, 5.74) is 1.19. The molecule has 3 aromatic rings. The third-order valence-electron chi connectivity index (χ3n) is 3.88. The van der Waals surface area contributed by atoms with Gasteiger partial charge in [-0.3, -0.25) is 10.1 Å².